The molecule has 0 spiro atoms. The van der Waals surface area contributed by atoms with Crippen molar-refractivity contribution in [3.8, 4) is 5.75 Å². The molecular weight excluding hydrogens is 423 g/mol. The Labute approximate surface area is 200 Å². The first-order chi connectivity index (χ1) is 15.5. The number of hydrogen-bond acceptors (Lipinski definition) is 2. The Morgan fingerprint density at radius 3 is 1.55 bits per heavy atom. The van der Waals surface area contributed by atoms with E-state index in [1.165, 1.54) is 44.5 Å². The normalized spacial score (nSPS) is 11.6. The van der Waals surface area contributed by atoms with Crippen molar-refractivity contribution in [1.82, 2.24) is 0 Å². The summed E-state index contributed by atoms with van der Waals surface area (Å²) in [5.41, 5.74) is 10.9. The van der Waals surface area contributed by atoms with E-state index in [-0.39, 0.29) is 0 Å². The van der Waals surface area contributed by atoms with Gasteiger partial charge in [-0.15, -0.1) is 0 Å². The van der Waals surface area contributed by atoms with Crippen molar-refractivity contribution in [2.45, 2.75) is 74.1 Å². The van der Waals surface area contributed by atoms with E-state index in [9.17, 15) is 0 Å². The maximum atomic E-state index is 15.1. The monoisotopic (exact) mass is 462 g/mol. The molecule has 0 aromatic heterocycles. The van der Waals surface area contributed by atoms with Crippen LogP contribution in [0.1, 0.15) is 63.4 Å². The van der Waals surface area contributed by atoms with E-state index < -0.39 is 7.14 Å². The van der Waals surface area contributed by atoms with Gasteiger partial charge in [-0.2, -0.15) is 0 Å². The molecule has 0 N–H and O–H groups in total. The third-order valence-electron chi connectivity index (χ3n) is 6.52. The molecule has 0 heterocycles. The van der Waals surface area contributed by atoms with E-state index in [4.69, 9.17) is 4.74 Å². The van der Waals surface area contributed by atoms with Crippen LogP contribution in [0.25, 0.3) is 0 Å². The largest absolute Gasteiger partial charge is 0.493 e. The predicted molar refractivity (Wildman–Crippen MR) is 143 cm³/mol. The molecular formula is C30H39O2P. The predicted octanol–water partition coefficient (Wildman–Crippen LogP) is 8.02. The lowest BCUT2D eigenvalue weighted by atomic mass is 10.0. The summed E-state index contributed by atoms with van der Waals surface area (Å²) >= 11 is 0. The number of aryl methyl sites for hydroxylation is 7. The van der Waals surface area contributed by atoms with Gasteiger partial charge in [0.25, 0.3) is 0 Å². The smallest absolute Gasteiger partial charge is 0.130 e. The van der Waals surface area contributed by atoms with Crippen LogP contribution < -0.4 is 10.0 Å². The highest BCUT2D eigenvalue weighted by Crippen LogP contribution is 2.55. The molecule has 0 radical (unpaired) electrons. The number of ether oxygens (including phenoxy) is 1. The summed E-state index contributed by atoms with van der Waals surface area (Å²) in [6.45, 7) is 17.6. The summed E-state index contributed by atoms with van der Waals surface area (Å²) in [6.07, 6.45) is 2.01. The molecule has 0 atom stereocenters. The minimum absolute atomic E-state index is 0.545. The van der Waals surface area contributed by atoms with E-state index in [0.29, 0.717) is 18.9 Å². The first kappa shape index (κ1) is 25.3. The van der Waals surface area contributed by atoms with Crippen LogP contribution in [0.5, 0.6) is 5.75 Å². The molecule has 0 amide bonds. The summed E-state index contributed by atoms with van der Waals surface area (Å²) in [4.78, 5) is 0. The van der Waals surface area contributed by atoms with Crippen molar-refractivity contribution < 1.29 is 9.30 Å². The van der Waals surface area contributed by atoms with Crippen molar-refractivity contribution in [2.75, 3.05) is 6.61 Å². The van der Waals surface area contributed by atoms with Crippen molar-refractivity contribution >= 4 is 12.4 Å². The standard InChI is InChI=1S/C30H39O2P/c1-9-12-32-29-17-20(2)10-11-30(29)33(31,18-27-23(5)13-21(3)14-24(27)6)19-28-25(7)15-22(4)16-26(28)8/h10-11,13-17H,9,12,18-19H2,1-8H3. The van der Waals surface area contributed by atoms with Crippen molar-refractivity contribution in [2.24, 2.45) is 0 Å². The second-order valence-electron chi connectivity index (χ2n) is 9.78. The SMILES string of the molecule is CCCOc1cc(C)ccc1P(=O)(Cc1c(C)cc(C)cc1C)Cc1c(C)cc(C)cc1C. The summed E-state index contributed by atoms with van der Waals surface area (Å²) in [5.74, 6) is 0.782. The molecule has 0 fully saturated rings. The third kappa shape index (κ3) is 5.79. The quantitative estimate of drug-likeness (QED) is 0.317. The molecule has 3 aromatic carbocycles. The second-order valence-corrected chi connectivity index (χ2v) is 12.7. The Morgan fingerprint density at radius 2 is 1.12 bits per heavy atom. The van der Waals surface area contributed by atoms with E-state index in [0.717, 1.165) is 23.0 Å². The molecule has 0 saturated heterocycles. The fraction of sp³-hybridized carbons (Fsp3) is 0.400. The summed E-state index contributed by atoms with van der Waals surface area (Å²) in [7, 11) is -2.88. The zero-order chi connectivity index (χ0) is 24.3. The average molecular weight is 463 g/mol. The van der Waals surface area contributed by atoms with Gasteiger partial charge in [-0.25, -0.2) is 0 Å². The van der Waals surface area contributed by atoms with Gasteiger partial charge in [-0.1, -0.05) is 48.4 Å². The first-order valence-corrected chi connectivity index (χ1v) is 14.1. The van der Waals surface area contributed by atoms with Gasteiger partial charge in [-0.3, -0.25) is 0 Å². The fourth-order valence-electron chi connectivity index (χ4n) is 4.94. The molecule has 0 aliphatic rings. The molecule has 0 bridgehead atoms. The van der Waals surface area contributed by atoms with E-state index in [2.05, 4.69) is 97.9 Å². The van der Waals surface area contributed by atoms with Gasteiger partial charge in [0.15, 0.2) is 0 Å². The Morgan fingerprint density at radius 1 is 0.667 bits per heavy atom. The van der Waals surface area contributed by atoms with Crippen LogP contribution in [0.4, 0.5) is 0 Å². The first-order valence-electron chi connectivity index (χ1n) is 12.0. The summed E-state index contributed by atoms with van der Waals surface area (Å²) in [5, 5.41) is 0.875. The molecule has 2 nitrogen and oxygen atoms in total. The lowest BCUT2D eigenvalue weighted by Crippen LogP contribution is -2.16. The minimum Gasteiger partial charge on any atom is -0.493 e. The van der Waals surface area contributed by atoms with Crippen molar-refractivity contribution in [3.05, 3.63) is 92.5 Å². The molecule has 0 saturated carbocycles. The van der Waals surface area contributed by atoms with Gasteiger partial charge in [0, 0.05) is 12.3 Å². The van der Waals surface area contributed by atoms with Crippen molar-refractivity contribution in [3.63, 3.8) is 0 Å². The van der Waals surface area contributed by atoms with Crippen LogP contribution in [-0.2, 0) is 16.9 Å². The lowest BCUT2D eigenvalue weighted by Gasteiger charge is -2.26. The van der Waals surface area contributed by atoms with Gasteiger partial charge in [0.05, 0.1) is 11.9 Å². The maximum Gasteiger partial charge on any atom is 0.130 e. The minimum atomic E-state index is -2.88. The molecule has 0 aliphatic heterocycles. The molecule has 3 rings (SSSR count). The third-order valence-corrected chi connectivity index (χ3v) is 9.43. The Balaban J connectivity index is 2.21. The summed E-state index contributed by atoms with van der Waals surface area (Å²) in [6, 6.07) is 15.0. The fourth-order valence-corrected chi connectivity index (χ4v) is 8.29. The van der Waals surface area contributed by atoms with Crippen LogP contribution in [-0.4, -0.2) is 6.61 Å². The molecule has 3 heteroatoms. The molecule has 176 valence electrons. The van der Waals surface area contributed by atoms with Gasteiger partial charge in [0.1, 0.15) is 12.9 Å². The van der Waals surface area contributed by atoms with Gasteiger partial charge in [0.2, 0.25) is 0 Å². The van der Waals surface area contributed by atoms with Gasteiger partial charge < -0.3 is 9.30 Å². The highest BCUT2D eigenvalue weighted by Gasteiger charge is 2.31. The van der Waals surface area contributed by atoms with Crippen LogP contribution in [0.3, 0.4) is 0 Å². The zero-order valence-corrected chi connectivity index (χ0v) is 22.5. The summed E-state index contributed by atoms with van der Waals surface area (Å²) < 4.78 is 21.3. The van der Waals surface area contributed by atoms with Crippen LogP contribution in [0.2, 0.25) is 0 Å². The zero-order valence-electron chi connectivity index (χ0n) is 21.6. The van der Waals surface area contributed by atoms with E-state index in [1.54, 1.807) is 0 Å². The van der Waals surface area contributed by atoms with E-state index >= 15 is 4.57 Å². The Hall–Kier alpha value is -2.31. The van der Waals surface area contributed by atoms with Crippen LogP contribution in [0.15, 0.2) is 42.5 Å². The Kier molecular flexibility index (Phi) is 7.91. The molecule has 33 heavy (non-hydrogen) atoms. The highest BCUT2D eigenvalue weighted by atomic mass is 31.2. The number of hydrogen-bond donors (Lipinski definition) is 0. The van der Waals surface area contributed by atoms with Crippen molar-refractivity contribution in [1.29, 1.82) is 0 Å². The number of benzene rings is 3. The highest BCUT2D eigenvalue weighted by molar-refractivity contribution is 7.70. The van der Waals surface area contributed by atoms with Gasteiger partial charge >= 0.3 is 0 Å². The lowest BCUT2D eigenvalue weighted by molar-refractivity contribution is 0.319. The van der Waals surface area contributed by atoms with Crippen LogP contribution in [0, 0.1) is 48.5 Å². The second kappa shape index (κ2) is 10.3. The molecule has 3 aromatic rings. The number of rotatable bonds is 8. The molecule has 0 unspecified atom stereocenters. The average Bonchev–Trinajstić information content (AvgIpc) is 2.72. The van der Waals surface area contributed by atoms with Crippen LogP contribution >= 0.6 is 7.14 Å². The van der Waals surface area contributed by atoms with Gasteiger partial charge in [-0.05, 0) is 106 Å². The Bertz CT molecular complexity index is 1100. The van der Waals surface area contributed by atoms with E-state index in [1.807, 2.05) is 0 Å². The topological polar surface area (TPSA) is 26.3 Å². The maximum absolute atomic E-state index is 15.1. The molecule has 0 aliphatic carbocycles.